The zero-order valence-electron chi connectivity index (χ0n) is 21.8. The van der Waals surface area contributed by atoms with E-state index in [9.17, 15) is 19.5 Å². The van der Waals surface area contributed by atoms with Crippen molar-refractivity contribution < 1.29 is 19.5 Å². The van der Waals surface area contributed by atoms with Gasteiger partial charge in [0.2, 0.25) is 11.8 Å². The summed E-state index contributed by atoms with van der Waals surface area (Å²) in [6.45, 7) is 11.0. The maximum absolute atomic E-state index is 13.6. The topological polar surface area (TPSA) is 113 Å². The highest BCUT2D eigenvalue weighted by Gasteiger charge is 2.37. The van der Waals surface area contributed by atoms with Crippen molar-refractivity contribution in [3.05, 3.63) is 59.7 Å². The molecule has 0 radical (unpaired) electrons. The van der Waals surface area contributed by atoms with Gasteiger partial charge in [-0.15, -0.1) is 0 Å². The van der Waals surface area contributed by atoms with Crippen LogP contribution in [0.2, 0.25) is 0 Å². The van der Waals surface area contributed by atoms with E-state index in [1.54, 1.807) is 13.1 Å². The van der Waals surface area contributed by atoms with E-state index < -0.39 is 35.4 Å². The van der Waals surface area contributed by atoms with Crippen LogP contribution in [0.4, 0.5) is 0 Å². The highest BCUT2D eigenvalue weighted by atomic mass is 16.4. The third-order valence-corrected chi connectivity index (χ3v) is 6.29. The van der Waals surface area contributed by atoms with Crippen LogP contribution < -0.4 is 11.1 Å². The minimum absolute atomic E-state index is 0.0248. The summed E-state index contributed by atoms with van der Waals surface area (Å²) in [5, 5.41) is 14.3. The number of carboxylic acids is 1. The number of carbonyl (C=O) groups is 3. The van der Waals surface area contributed by atoms with Gasteiger partial charge in [0, 0.05) is 12.6 Å². The number of nitrogens with two attached hydrogens (primary N) is 1. The van der Waals surface area contributed by atoms with Crippen LogP contribution in [0, 0.1) is 11.3 Å². The van der Waals surface area contributed by atoms with Gasteiger partial charge in [0.1, 0.15) is 6.04 Å². The zero-order valence-corrected chi connectivity index (χ0v) is 21.8. The molecule has 4 N–H and O–H groups in total. The molecule has 0 aromatic heterocycles. The van der Waals surface area contributed by atoms with Gasteiger partial charge in [-0.05, 0) is 41.0 Å². The molecule has 2 rings (SSSR count). The number of nitrogens with one attached hydrogen (secondary N) is 1. The third-order valence-electron chi connectivity index (χ3n) is 6.29. The van der Waals surface area contributed by atoms with Gasteiger partial charge in [-0.3, -0.25) is 9.59 Å². The number of fused-ring (bicyclic) bond motifs is 1. The van der Waals surface area contributed by atoms with Gasteiger partial charge in [-0.2, -0.15) is 0 Å². The van der Waals surface area contributed by atoms with Crippen molar-refractivity contribution >= 4 is 28.6 Å². The van der Waals surface area contributed by atoms with Crippen molar-refractivity contribution in [2.75, 3.05) is 7.05 Å². The molecule has 35 heavy (non-hydrogen) atoms. The number of amides is 2. The molecule has 0 saturated heterocycles. The summed E-state index contributed by atoms with van der Waals surface area (Å²) in [5.74, 6) is -1.76. The van der Waals surface area contributed by atoms with Crippen LogP contribution in [0.5, 0.6) is 0 Å². The molecule has 0 aliphatic rings. The van der Waals surface area contributed by atoms with Gasteiger partial charge >= 0.3 is 5.97 Å². The Kier molecular flexibility index (Phi) is 9.21. The Hall–Kier alpha value is -3.19. The summed E-state index contributed by atoms with van der Waals surface area (Å²) in [6, 6.07) is 11.7. The average Bonchev–Trinajstić information content (AvgIpc) is 2.78. The van der Waals surface area contributed by atoms with Crippen molar-refractivity contribution in [1.82, 2.24) is 10.2 Å². The van der Waals surface area contributed by atoms with Crippen LogP contribution in [-0.2, 0) is 20.8 Å². The van der Waals surface area contributed by atoms with Crippen molar-refractivity contribution in [1.29, 1.82) is 0 Å². The quantitative estimate of drug-likeness (QED) is 0.472. The monoisotopic (exact) mass is 481 g/mol. The highest BCUT2D eigenvalue weighted by Crippen LogP contribution is 2.24. The minimum atomic E-state index is -1.03. The summed E-state index contributed by atoms with van der Waals surface area (Å²) in [7, 11) is 1.64. The number of carbonyl (C=O) groups excluding carboxylic acids is 2. The second-order valence-electron chi connectivity index (χ2n) is 10.6. The molecule has 0 fully saturated rings. The lowest BCUT2D eigenvalue weighted by Crippen LogP contribution is -2.58. The van der Waals surface area contributed by atoms with Crippen LogP contribution in [-0.4, -0.2) is 53.0 Å². The van der Waals surface area contributed by atoms with Gasteiger partial charge in [0.25, 0.3) is 0 Å². The first kappa shape index (κ1) is 28.1. The zero-order chi connectivity index (χ0) is 26.5. The van der Waals surface area contributed by atoms with E-state index in [0.717, 1.165) is 16.3 Å². The smallest absolute Gasteiger partial charge is 0.331 e. The van der Waals surface area contributed by atoms with Crippen molar-refractivity contribution in [2.45, 2.75) is 66.1 Å². The number of nitrogens with zero attached hydrogens (tertiary/aromatic N) is 1. The van der Waals surface area contributed by atoms with Crippen LogP contribution in [0.3, 0.4) is 0 Å². The normalized spacial score (nSPS) is 14.9. The molecule has 2 aromatic carbocycles. The lowest BCUT2D eigenvalue weighted by Gasteiger charge is -2.37. The predicted octanol–water partition coefficient (Wildman–Crippen LogP) is 3.75. The minimum Gasteiger partial charge on any atom is -0.478 e. The number of hydrogen-bond acceptors (Lipinski definition) is 4. The SMILES string of the molecule is C/C(=C\[C@H](C(C)C)N(C)C(=O)[C@@H](NC(=O)[C@@H](N)Cc1cccc2ccccc12)C(C)(C)C)C(=O)O. The van der Waals surface area contributed by atoms with E-state index in [1.165, 1.54) is 11.8 Å². The number of carboxylic acid groups (broad SMARTS) is 1. The lowest BCUT2D eigenvalue weighted by molar-refractivity contribution is -0.140. The Bertz CT molecular complexity index is 1100. The Morgan fingerprint density at radius 2 is 1.69 bits per heavy atom. The van der Waals surface area contributed by atoms with E-state index in [2.05, 4.69) is 5.32 Å². The van der Waals surface area contributed by atoms with E-state index in [0.29, 0.717) is 6.42 Å². The fourth-order valence-electron chi connectivity index (χ4n) is 4.13. The number of likely N-dealkylation sites (N-methyl/N-ethyl adjacent to an activating group) is 1. The fraction of sp³-hybridized carbons (Fsp3) is 0.464. The van der Waals surface area contributed by atoms with Crippen LogP contribution in [0.1, 0.15) is 47.1 Å². The molecule has 7 nitrogen and oxygen atoms in total. The van der Waals surface area contributed by atoms with Gasteiger partial charge in [-0.25, -0.2) is 4.79 Å². The summed E-state index contributed by atoms with van der Waals surface area (Å²) in [4.78, 5) is 39.6. The molecule has 2 amide bonds. The van der Waals surface area contributed by atoms with Gasteiger partial charge in [0.15, 0.2) is 0 Å². The van der Waals surface area contributed by atoms with Crippen LogP contribution in [0.25, 0.3) is 10.8 Å². The van der Waals surface area contributed by atoms with E-state index in [-0.39, 0.29) is 17.4 Å². The molecule has 0 heterocycles. The molecule has 3 atom stereocenters. The van der Waals surface area contributed by atoms with Crippen molar-refractivity contribution in [3.63, 3.8) is 0 Å². The Labute approximate surface area is 208 Å². The lowest BCUT2D eigenvalue weighted by atomic mass is 9.84. The number of aliphatic carboxylic acids is 1. The van der Waals surface area contributed by atoms with E-state index in [1.807, 2.05) is 77.1 Å². The molecule has 0 spiro atoms. The first-order valence-corrected chi connectivity index (χ1v) is 11.9. The molecular formula is C28H39N3O4. The molecule has 2 aromatic rings. The number of hydrogen-bond donors (Lipinski definition) is 3. The predicted molar refractivity (Wildman–Crippen MR) is 140 cm³/mol. The summed E-state index contributed by atoms with van der Waals surface area (Å²) in [6.07, 6.45) is 1.92. The molecule has 0 bridgehead atoms. The summed E-state index contributed by atoms with van der Waals surface area (Å²) < 4.78 is 0. The van der Waals surface area contributed by atoms with Gasteiger partial charge in [-0.1, -0.05) is 83.2 Å². The number of benzene rings is 2. The Morgan fingerprint density at radius 3 is 2.26 bits per heavy atom. The number of rotatable bonds is 9. The van der Waals surface area contributed by atoms with Gasteiger partial charge in [0.05, 0.1) is 12.1 Å². The van der Waals surface area contributed by atoms with Crippen LogP contribution >= 0.6 is 0 Å². The largest absolute Gasteiger partial charge is 0.478 e. The van der Waals surface area contributed by atoms with Gasteiger partial charge < -0.3 is 21.1 Å². The Balaban J connectivity index is 2.25. The van der Waals surface area contributed by atoms with Crippen molar-refractivity contribution in [2.24, 2.45) is 17.1 Å². The average molecular weight is 482 g/mol. The maximum Gasteiger partial charge on any atom is 0.331 e. The molecule has 0 aliphatic carbocycles. The van der Waals surface area contributed by atoms with E-state index >= 15 is 0 Å². The second-order valence-corrected chi connectivity index (χ2v) is 10.6. The first-order valence-electron chi connectivity index (χ1n) is 11.9. The maximum atomic E-state index is 13.6. The molecular weight excluding hydrogens is 442 g/mol. The van der Waals surface area contributed by atoms with E-state index in [4.69, 9.17) is 5.73 Å². The first-order chi connectivity index (χ1) is 16.2. The highest BCUT2D eigenvalue weighted by molar-refractivity contribution is 5.92. The van der Waals surface area contributed by atoms with Crippen LogP contribution in [0.15, 0.2) is 54.1 Å². The molecule has 0 saturated carbocycles. The summed E-state index contributed by atoms with van der Waals surface area (Å²) >= 11 is 0. The molecule has 190 valence electrons. The third kappa shape index (κ3) is 7.15. The summed E-state index contributed by atoms with van der Waals surface area (Å²) in [5.41, 5.74) is 6.85. The van der Waals surface area contributed by atoms with Crippen molar-refractivity contribution in [3.8, 4) is 0 Å². The molecule has 0 unspecified atom stereocenters. The molecule has 0 aliphatic heterocycles. The Morgan fingerprint density at radius 1 is 1.09 bits per heavy atom. The second kappa shape index (κ2) is 11.5. The fourth-order valence-corrected chi connectivity index (χ4v) is 4.13. The molecule has 7 heteroatoms. The standard InChI is InChI=1S/C28H39N3O4/c1-17(2)23(15-18(3)27(34)35)31(7)26(33)24(28(4,5)6)30-25(32)22(29)16-20-13-10-12-19-11-8-9-14-21(19)20/h8-15,17,22-24H,16,29H2,1-7H3,(H,30,32)(H,34,35)/b18-15+/t22-,23+,24+/m0/s1.